The van der Waals surface area contributed by atoms with Gasteiger partial charge in [-0.3, -0.25) is 0 Å². The van der Waals surface area contributed by atoms with Crippen molar-refractivity contribution in [1.82, 2.24) is 4.98 Å². The van der Waals surface area contributed by atoms with E-state index in [2.05, 4.69) is 46.4 Å². The molecule has 2 heterocycles. The number of carbonyl (C=O) groups excluding carboxylic acids is 1. The molecule has 6 heteroatoms. The summed E-state index contributed by atoms with van der Waals surface area (Å²) in [7, 11) is 2.82. The van der Waals surface area contributed by atoms with Crippen LogP contribution in [0.1, 0.15) is 41.7 Å². The third-order valence-electron chi connectivity index (χ3n) is 4.66. The molecule has 1 N–H and O–H groups in total. The molecule has 6 nitrogen and oxygen atoms in total. The van der Waals surface area contributed by atoms with Gasteiger partial charge in [-0.05, 0) is 49.6 Å². The maximum Gasteiger partial charge on any atom is 0.343 e. The third-order valence-corrected chi connectivity index (χ3v) is 4.66. The lowest BCUT2D eigenvalue weighted by atomic mass is 10.1. The zero-order valence-electron chi connectivity index (χ0n) is 15.5. The van der Waals surface area contributed by atoms with Gasteiger partial charge in [-0.25, -0.2) is 4.79 Å². The van der Waals surface area contributed by atoms with Gasteiger partial charge in [-0.1, -0.05) is 12.1 Å². The number of hydrogen-bond acceptors (Lipinski definition) is 6. The Hall–Kier alpha value is -2.76. The molecule has 1 fully saturated rings. The first kappa shape index (κ1) is 18.0. The number of methoxy groups -OCH3 is 2. The smallest absolute Gasteiger partial charge is 0.343 e. The van der Waals surface area contributed by atoms with E-state index in [0.717, 1.165) is 13.1 Å². The van der Waals surface area contributed by atoms with Gasteiger partial charge >= 0.3 is 5.97 Å². The minimum Gasteiger partial charge on any atom is -0.480 e. The first-order valence-electron chi connectivity index (χ1n) is 8.87. The van der Waals surface area contributed by atoms with Crippen LogP contribution in [0.3, 0.4) is 0 Å². The van der Waals surface area contributed by atoms with Crippen LogP contribution >= 0.6 is 0 Å². The van der Waals surface area contributed by atoms with Gasteiger partial charge in [-0.2, -0.15) is 4.98 Å². The highest BCUT2D eigenvalue weighted by molar-refractivity contribution is 5.92. The molecule has 138 valence electrons. The van der Waals surface area contributed by atoms with Gasteiger partial charge in [0.25, 0.3) is 0 Å². The third kappa shape index (κ3) is 3.90. The summed E-state index contributed by atoms with van der Waals surface area (Å²) in [6.07, 6.45) is 2.52. The average Bonchev–Trinajstić information content (AvgIpc) is 3.22. The van der Waals surface area contributed by atoms with Crippen molar-refractivity contribution in [3.8, 4) is 5.88 Å². The second kappa shape index (κ2) is 8.08. The summed E-state index contributed by atoms with van der Waals surface area (Å²) in [5, 5.41) is 3.37. The highest BCUT2D eigenvalue weighted by atomic mass is 16.5. The Kier molecular flexibility index (Phi) is 5.61. The molecule has 2 aromatic rings. The first-order chi connectivity index (χ1) is 12.6. The van der Waals surface area contributed by atoms with Crippen molar-refractivity contribution in [2.75, 3.05) is 37.5 Å². The lowest BCUT2D eigenvalue weighted by Gasteiger charge is -2.21. The maximum absolute atomic E-state index is 11.7. The number of benzene rings is 1. The van der Waals surface area contributed by atoms with Gasteiger partial charge in [0.15, 0.2) is 0 Å². The number of hydrogen-bond donors (Lipinski definition) is 1. The number of anilines is 2. The van der Waals surface area contributed by atoms with Crippen LogP contribution in [0.5, 0.6) is 5.88 Å². The van der Waals surface area contributed by atoms with Crippen molar-refractivity contribution in [2.45, 2.75) is 25.8 Å². The van der Waals surface area contributed by atoms with Crippen LogP contribution < -0.4 is 15.0 Å². The number of rotatable bonds is 6. The molecule has 1 saturated heterocycles. The van der Waals surface area contributed by atoms with E-state index in [1.165, 1.54) is 38.3 Å². The van der Waals surface area contributed by atoms with Crippen LogP contribution in [-0.4, -0.2) is 38.3 Å². The molecule has 1 aliphatic rings. The average molecular weight is 355 g/mol. The molecule has 0 radical (unpaired) electrons. The Bertz CT molecular complexity index is 773. The second-order valence-corrected chi connectivity index (χ2v) is 6.40. The minimum absolute atomic E-state index is 0.0683. The van der Waals surface area contributed by atoms with Crippen LogP contribution in [0.15, 0.2) is 36.4 Å². The molecule has 0 amide bonds. The second-order valence-electron chi connectivity index (χ2n) is 6.40. The lowest BCUT2D eigenvalue weighted by Crippen LogP contribution is -2.18. The minimum atomic E-state index is -0.465. The molecule has 1 aromatic carbocycles. The molecular weight excluding hydrogens is 330 g/mol. The van der Waals surface area contributed by atoms with Crippen molar-refractivity contribution in [2.24, 2.45) is 0 Å². The van der Waals surface area contributed by atoms with Crippen molar-refractivity contribution >= 4 is 17.5 Å². The number of nitrogens with one attached hydrogen (secondary N) is 1. The molecule has 1 aromatic heterocycles. The topological polar surface area (TPSA) is 63.7 Å². The first-order valence-corrected chi connectivity index (χ1v) is 8.87. The standard InChI is InChI=1S/C20H25N3O3/c1-14(15-7-6-8-16(13-15)23-11-4-5-12-23)21-18-10-9-17(20(24)26-3)19(22-18)25-2/h6-10,13-14H,4-5,11-12H2,1-3H3,(H,21,22). The van der Waals surface area contributed by atoms with E-state index in [-0.39, 0.29) is 11.9 Å². The van der Waals surface area contributed by atoms with Crippen LogP contribution in [0.4, 0.5) is 11.5 Å². The van der Waals surface area contributed by atoms with Crippen LogP contribution in [0.25, 0.3) is 0 Å². The molecule has 0 spiro atoms. The van der Waals surface area contributed by atoms with Crippen molar-refractivity contribution in [1.29, 1.82) is 0 Å². The zero-order valence-corrected chi connectivity index (χ0v) is 15.5. The van der Waals surface area contributed by atoms with E-state index in [1.54, 1.807) is 12.1 Å². The maximum atomic E-state index is 11.7. The Morgan fingerprint density at radius 3 is 2.65 bits per heavy atom. The van der Waals surface area contributed by atoms with Crippen LogP contribution in [0, 0.1) is 0 Å². The van der Waals surface area contributed by atoms with Gasteiger partial charge < -0.3 is 19.7 Å². The fraction of sp³-hybridized carbons (Fsp3) is 0.400. The monoisotopic (exact) mass is 355 g/mol. The predicted octanol–water partition coefficient (Wildman–Crippen LogP) is 3.65. The summed E-state index contributed by atoms with van der Waals surface area (Å²) in [6, 6.07) is 12.1. The van der Waals surface area contributed by atoms with Crippen molar-refractivity contribution in [3.05, 3.63) is 47.5 Å². The molecule has 0 saturated carbocycles. The summed E-state index contributed by atoms with van der Waals surface area (Å²) in [5.41, 5.74) is 2.76. The summed E-state index contributed by atoms with van der Waals surface area (Å²) in [4.78, 5) is 18.5. The molecule has 0 bridgehead atoms. The molecule has 1 atom stereocenters. The number of aromatic nitrogens is 1. The van der Waals surface area contributed by atoms with Crippen molar-refractivity contribution < 1.29 is 14.3 Å². The van der Waals surface area contributed by atoms with E-state index in [9.17, 15) is 4.79 Å². The van der Waals surface area contributed by atoms with Gasteiger partial charge in [0.2, 0.25) is 5.88 Å². The van der Waals surface area contributed by atoms with E-state index in [1.807, 2.05) is 0 Å². The van der Waals surface area contributed by atoms with Gasteiger partial charge in [0.1, 0.15) is 11.4 Å². The van der Waals surface area contributed by atoms with Crippen molar-refractivity contribution in [3.63, 3.8) is 0 Å². The summed E-state index contributed by atoms with van der Waals surface area (Å²) < 4.78 is 9.97. The fourth-order valence-electron chi connectivity index (χ4n) is 3.21. The van der Waals surface area contributed by atoms with Gasteiger partial charge in [0, 0.05) is 18.8 Å². The van der Waals surface area contributed by atoms with Crippen LogP contribution in [0.2, 0.25) is 0 Å². The van der Waals surface area contributed by atoms with E-state index in [4.69, 9.17) is 9.47 Å². The Balaban J connectivity index is 1.76. The highest BCUT2D eigenvalue weighted by Crippen LogP contribution is 2.27. The SMILES string of the molecule is COC(=O)c1ccc(NC(C)c2cccc(N3CCCC3)c2)nc1OC. The Morgan fingerprint density at radius 2 is 1.96 bits per heavy atom. The Morgan fingerprint density at radius 1 is 1.19 bits per heavy atom. The number of carbonyl (C=O) groups is 1. The molecule has 26 heavy (non-hydrogen) atoms. The Labute approximate surface area is 154 Å². The van der Waals surface area contributed by atoms with Crippen LogP contribution in [-0.2, 0) is 4.74 Å². The zero-order chi connectivity index (χ0) is 18.5. The quantitative estimate of drug-likeness (QED) is 0.798. The van der Waals surface area contributed by atoms with E-state index < -0.39 is 5.97 Å². The molecule has 0 aliphatic carbocycles. The predicted molar refractivity (Wildman–Crippen MR) is 102 cm³/mol. The molecule has 3 rings (SSSR count). The summed E-state index contributed by atoms with van der Waals surface area (Å²) in [6.45, 7) is 4.34. The highest BCUT2D eigenvalue weighted by Gasteiger charge is 2.17. The van der Waals surface area contributed by atoms with Gasteiger partial charge in [-0.15, -0.1) is 0 Å². The number of pyridine rings is 1. The number of nitrogens with zero attached hydrogens (tertiary/aromatic N) is 2. The normalized spacial score (nSPS) is 14.8. The molecule has 1 unspecified atom stereocenters. The van der Waals surface area contributed by atoms with Gasteiger partial charge in [0.05, 0.1) is 20.3 Å². The summed E-state index contributed by atoms with van der Waals surface area (Å²) in [5.74, 6) is 0.431. The number of ether oxygens (including phenoxy) is 2. The molecule has 1 aliphatic heterocycles. The largest absolute Gasteiger partial charge is 0.480 e. The fourth-order valence-corrected chi connectivity index (χ4v) is 3.21. The van der Waals surface area contributed by atoms with E-state index in [0.29, 0.717) is 11.4 Å². The summed E-state index contributed by atoms with van der Waals surface area (Å²) >= 11 is 0. The number of esters is 1. The van der Waals surface area contributed by atoms with E-state index >= 15 is 0 Å². The lowest BCUT2D eigenvalue weighted by molar-refractivity contribution is 0.0596. The molecular formula is C20H25N3O3.